The Morgan fingerprint density at radius 1 is 1.12 bits per heavy atom. The molecule has 1 amide bonds. The Bertz CT molecular complexity index is 763. The first-order chi connectivity index (χ1) is 11.7. The molecule has 1 N–H and O–H groups in total. The van der Waals surface area contributed by atoms with Crippen LogP contribution in [0.15, 0.2) is 66.3 Å². The zero-order valence-corrected chi connectivity index (χ0v) is 13.8. The second kappa shape index (κ2) is 7.81. The maximum absolute atomic E-state index is 12.8. The Morgan fingerprint density at radius 2 is 1.96 bits per heavy atom. The van der Waals surface area contributed by atoms with Gasteiger partial charge in [-0.1, -0.05) is 36.4 Å². The number of aromatic nitrogens is 2. The molecular weight excluding hydrogens is 322 g/mol. The minimum Gasteiger partial charge on any atom is -0.386 e. The molecule has 0 bridgehead atoms. The van der Waals surface area contributed by atoms with Gasteiger partial charge >= 0.3 is 0 Å². The number of carbonyl (C=O) groups excluding carboxylic acids is 1. The summed E-state index contributed by atoms with van der Waals surface area (Å²) in [5.74, 6) is -0.177. The molecule has 2 heterocycles. The van der Waals surface area contributed by atoms with Crippen LogP contribution in [0.25, 0.3) is 0 Å². The van der Waals surface area contributed by atoms with E-state index in [1.165, 1.54) is 23.7 Å². The number of benzene rings is 1. The van der Waals surface area contributed by atoms with Crippen LogP contribution in [0.3, 0.4) is 0 Å². The largest absolute Gasteiger partial charge is 0.386 e. The highest BCUT2D eigenvalue weighted by Gasteiger charge is 2.21. The minimum atomic E-state index is -0.715. The molecule has 3 aromatic rings. The van der Waals surface area contributed by atoms with Gasteiger partial charge in [-0.05, 0) is 23.1 Å². The molecule has 0 saturated carbocycles. The quantitative estimate of drug-likeness (QED) is 0.750. The lowest BCUT2D eigenvalue weighted by Crippen LogP contribution is -2.34. The van der Waals surface area contributed by atoms with Gasteiger partial charge in [0.15, 0.2) is 0 Å². The third kappa shape index (κ3) is 4.04. The van der Waals surface area contributed by atoms with Gasteiger partial charge < -0.3 is 10.0 Å². The Hall–Kier alpha value is -2.57. The summed E-state index contributed by atoms with van der Waals surface area (Å²) in [5.41, 5.74) is 1.46. The lowest BCUT2D eigenvalue weighted by Gasteiger charge is -2.25. The molecule has 0 aliphatic heterocycles. The van der Waals surface area contributed by atoms with Gasteiger partial charge in [-0.15, -0.1) is 11.3 Å². The molecule has 24 heavy (non-hydrogen) atoms. The van der Waals surface area contributed by atoms with Gasteiger partial charge in [-0.25, -0.2) is 0 Å². The normalized spacial score (nSPS) is 11.9. The first kappa shape index (κ1) is 16.3. The number of rotatable bonds is 6. The van der Waals surface area contributed by atoms with Crippen molar-refractivity contribution in [2.24, 2.45) is 0 Å². The predicted octanol–water partition coefficient (Wildman–Crippen LogP) is 2.91. The van der Waals surface area contributed by atoms with Crippen LogP contribution in [0, 0.1) is 0 Å². The summed E-state index contributed by atoms with van der Waals surface area (Å²) in [6, 6.07) is 15.1. The summed E-state index contributed by atoms with van der Waals surface area (Å²) >= 11 is 1.48. The summed E-state index contributed by atoms with van der Waals surface area (Å²) in [6.07, 6.45) is 2.22. The molecule has 5 nitrogen and oxygen atoms in total. The number of amides is 1. The Balaban J connectivity index is 1.81. The lowest BCUT2D eigenvalue weighted by atomic mass is 10.1. The van der Waals surface area contributed by atoms with E-state index in [1.54, 1.807) is 11.0 Å². The van der Waals surface area contributed by atoms with Gasteiger partial charge in [0.25, 0.3) is 5.91 Å². The molecule has 2 aromatic heterocycles. The van der Waals surface area contributed by atoms with Crippen LogP contribution in [0.4, 0.5) is 0 Å². The number of carbonyl (C=O) groups is 1. The van der Waals surface area contributed by atoms with Gasteiger partial charge in [0.1, 0.15) is 6.10 Å². The van der Waals surface area contributed by atoms with Crippen molar-refractivity contribution < 1.29 is 9.90 Å². The van der Waals surface area contributed by atoms with E-state index in [4.69, 9.17) is 0 Å². The molecule has 1 unspecified atom stereocenters. The smallest absolute Gasteiger partial charge is 0.255 e. The molecule has 3 rings (SSSR count). The SMILES string of the molecule is O=C(c1ccnnc1)N(Cc1ccccc1)CC(O)c1cccs1. The molecule has 0 radical (unpaired) electrons. The maximum atomic E-state index is 12.8. The Morgan fingerprint density at radius 3 is 2.62 bits per heavy atom. The van der Waals surface area contributed by atoms with Crippen molar-refractivity contribution >= 4 is 17.2 Å². The van der Waals surface area contributed by atoms with Crippen LogP contribution in [-0.2, 0) is 6.54 Å². The van der Waals surface area contributed by atoms with Crippen molar-refractivity contribution in [3.63, 3.8) is 0 Å². The standard InChI is InChI=1S/C18H17N3O2S/c22-16(17-7-4-10-24-17)13-21(12-14-5-2-1-3-6-14)18(23)15-8-9-19-20-11-15/h1-11,16,22H,12-13H2. The van der Waals surface area contributed by atoms with E-state index < -0.39 is 6.10 Å². The second-order valence-corrected chi connectivity index (χ2v) is 6.31. The molecule has 0 saturated heterocycles. The fraction of sp³-hybridized carbons (Fsp3) is 0.167. The number of hydrogen-bond donors (Lipinski definition) is 1. The molecule has 0 spiro atoms. The van der Waals surface area contributed by atoms with Gasteiger partial charge in [0.2, 0.25) is 0 Å². The summed E-state index contributed by atoms with van der Waals surface area (Å²) in [6.45, 7) is 0.640. The molecule has 0 fully saturated rings. The van der Waals surface area contributed by atoms with Gasteiger partial charge in [-0.3, -0.25) is 4.79 Å². The monoisotopic (exact) mass is 339 g/mol. The average molecular weight is 339 g/mol. The highest BCUT2D eigenvalue weighted by atomic mass is 32.1. The van der Waals surface area contributed by atoms with E-state index in [-0.39, 0.29) is 12.5 Å². The van der Waals surface area contributed by atoms with Gasteiger partial charge in [0, 0.05) is 11.4 Å². The lowest BCUT2D eigenvalue weighted by molar-refractivity contribution is 0.0608. The third-order valence-corrected chi connectivity index (χ3v) is 4.57. The Kier molecular flexibility index (Phi) is 5.30. The van der Waals surface area contributed by atoms with Crippen LogP contribution < -0.4 is 0 Å². The van der Waals surface area contributed by atoms with Gasteiger partial charge in [-0.2, -0.15) is 10.2 Å². The van der Waals surface area contributed by atoms with Gasteiger partial charge in [0.05, 0.1) is 24.5 Å². The molecular formula is C18H17N3O2S. The van der Waals surface area contributed by atoms with E-state index in [9.17, 15) is 9.90 Å². The molecule has 1 aromatic carbocycles. The fourth-order valence-corrected chi connectivity index (χ4v) is 3.11. The summed E-state index contributed by atoms with van der Waals surface area (Å²) in [4.78, 5) is 15.3. The predicted molar refractivity (Wildman–Crippen MR) is 92.5 cm³/mol. The van der Waals surface area contributed by atoms with E-state index >= 15 is 0 Å². The maximum Gasteiger partial charge on any atom is 0.255 e. The number of aliphatic hydroxyl groups excluding tert-OH is 1. The zero-order chi connectivity index (χ0) is 16.8. The topological polar surface area (TPSA) is 66.3 Å². The molecule has 0 aliphatic rings. The van der Waals surface area contributed by atoms with E-state index in [1.807, 2.05) is 47.8 Å². The van der Waals surface area contributed by atoms with Crippen molar-refractivity contribution in [1.82, 2.24) is 15.1 Å². The summed E-state index contributed by atoms with van der Waals surface area (Å²) in [5, 5.41) is 19.8. The van der Waals surface area contributed by atoms with Crippen molar-refractivity contribution in [1.29, 1.82) is 0 Å². The van der Waals surface area contributed by atoms with Crippen LogP contribution in [0.2, 0.25) is 0 Å². The zero-order valence-electron chi connectivity index (χ0n) is 12.9. The van der Waals surface area contributed by atoms with Crippen molar-refractivity contribution in [2.75, 3.05) is 6.54 Å². The van der Waals surface area contributed by atoms with Crippen molar-refractivity contribution in [2.45, 2.75) is 12.6 Å². The van der Waals surface area contributed by atoms with E-state index in [0.717, 1.165) is 10.4 Å². The Labute approximate surface area is 144 Å². The van der Waals surface area contributed by atoms with Crippen LogP contribution in [-0.4, -0.2) is 32.7 Å². The number of aliphatic hydroxyl groups is 1. The second-order valence-electron chi connectivity index (χ2n) is 5.33. The number of nitrogens with zero attached hydrogens (tertiary/aromatic N) is 3. The summed E-state index contributed by atoms with van der Waals surface area (Å²) < 4.78 is 0. The third-order valence-electron chi connectivity index (χ3n) is 3.60. The fourth-order valence-electron chi connectivity index (χ4n) is 2.40. The van der Waals surface area contributed by atoms with E-state index in [0.29, 0.717) is 12.1 Å². The highest BCUT2D eigenvalue weighted by molar-refractivity contribution is 7.10. The first-order valence-corrected chi connectivity index (χ1v) is 8.43. The number of hydrogen-bond acceptors (Lipinski definition) is 5. The average Bonchev–Trinajstić information content (AvgIpc) is 3.17. The first-order valence-electron chi connectivity index (χ1n) is 7.55. The molecule has 0 aliphatic carbocycles. The van der Waals surface area contributed by atoms with Crippen molar-refractivity contribution in [3.8, 4) is 0 Å². The van der Waals surface area contributed by atoms with Crippen molar-refractivity contribution in [3.05, 3.63) is 82.3 Å². The van der Waals surface area contributed by atoms with Crippen LogP contribution in [0.5, 0.6) is 0 Å². The van der Waals surface area contributed by atoms with E-state index in [2.05, 4.69) is 10.2 Å². The molecule has 1 atom stereocenters. The van der Waals surface area contributed by atoms with Crippen LogP contribution in [0.1, 0.15) is 26.9 Å². The minimum absolute atomic E-state index is 0.177. The summed E-state index contributed by atoms with van der Waals surface area (Å²) in [7, 11) is 0. The van der Waals surface area contributed by atoms with Crippen LogP contribution >= 0.6 is 11.3 Å². The molecule has 122 valence electrons. The highest BCUT2D eigenvalue weighted by Crippen LogP contribution is 2.21. The molecule has 6 heteroatoms. The number of thiophene rings is 1.